The van der Waals surface area contributed by atoms with Gasteiger partial charge in [-0.15, -0.1) is 0 Å². The van der Waals surface area contributed by atoms with Crippen LogP contribution in [0.15, 0.2) is 30.3 Å². The SMILES string of the molecule is Cc1cc(N2C(=O)c3ccccc3NC23CCCCC3)n[nH]1. The molecule has 1 fully saturated rings. The number of aromatic nitrogens is 2. The summed E-state index contributed by atoms with van der Waals surface area (Å²) in [5, 5.41) is 11.0. The van der Waals surface area contributed by atoms with Crippen molar-refractivity contribution in [2.24, 2.45) is 0 Å². The van der Waals surface area contributed by atoms with Gasteiger partial charge in [0.25, 0.3) is 5.91 Å². The second-order valence-corrected chi connectivity index (χ2v) is 6.31. The topological polar surface area (TPSA) is 61.0 Å². The Bertz CT molecular complexity index is 715. The van der Waals surface area contributed by atoms with Crippen molar-refractivity contribution in [1.29, 1.82) is 0 Å². The van der Waals surface area contributed by atoms with Crippen LogP contribution in [0, 0.1) is 6.92 Å². The third-order valence-corrected chi connectivity index (χ3v) is 4.76. The number of H-pyrrole nitrogens is 1. The van der Waals surface area contributed by atoms with Gasteiger partial charge in [0, 0.05) is 17.4 Å². The van der Waals surface area contributed by atoms with E-state index in [-0.39, 0.29) is 11.6 Å². The fourth-order valence-corrected chi connectivity index (χ4v) is 3.73. The van der Waals surface area contributed by atoms with Gasteiger partial charge in [-0.2, -0.15) is 5.10 Å². The quantitative estimate of drug-likeness (QED) is 0.847. The van der Waals surface area contributed by atoms with E-state index in [1.54, 1.807) is 0 Å². The molecule has 2 aliphatic rings. The highest BCUT2D eigenvalue weighted by Gasteiger charge is 2.46. The number of carbonyl (C=O) groups excluding carboxylic acids is 1. The van der Waals surface area contributed by atoms with Crippen LogP contribution in [0.25, 0.3) is 0 Å². The first-order chi connectivity index (χ1) is 10.7. The van der Waals surface area contributed by atoms with Gasteiger partial charge in [-0.25, -0.2) is 0 Å². The van der Waals surface area contributed by atoms with Crippen molar-refractivity contribution in [3.63, 3.8) is 0 Å². The number of fused-ring (bicyclic) bond motifs is 1. The van der Waals surface area contributed by atoms with Crippen molar-refractivity contribution in [1.82, 2.24) is 10.2 Å². The normalized spacial score (nSPS) is 19.9. The summed E-state index contributed by atoms with van der Waals surface area (Å²) in [6.07, 6.45) is 5.40. The van der Waals surface area contributed by atoms with E-state index in [0.717, 1.165) is 42.6 Å². The van der Waals surface area contributed by atoms with E-state index in [4.69, 9.17) is 0 Å². The first kappa shape index (κ1) is 13.4. The summed E-state index contributed by atoms with van der Waals surface area (Å²) in [6, 6.07) is 9.71. The van der Waals surface area contributed by atoms with Gasteiger partial charge in [0.1, 0.15) is 5.66 Å². The zero-order valence-electron chi connectivity index (χ0n) is 12.7. The maximum atomic E-state index is 13.1. The van der Waals surface area contributed by atoms with Crippen LogP contribution in [-0.4, -0.2) is 21.8 Å². The van der Waals surface area contributed by atoms with Crippen LogP contribution in [0.3, 0.4) is 0 Å². The molecule has 1 aromatic heterocycles. The predicted octanol–water partition coefficient (Wildman–Crippen LogP) is 3.45. The van der Waals surface area contributed by atoms with Gasteiger partial charge in [0.2, 0.25) is 0 Å². The standard InChI is InChI=1S/C17H20N4O/c1-12-11-15(20-19-12)21-16(22)13-7-3-4-8-14(13)18-17(21)9-5-2-6-10-17/h3-4,7-8,11,18H,2,5-6,9-10H2,1H3,(H,19,20). The summed E-state index contributed by atoms with van der Waals surface area (Å²) < 4.78 is 0. The number of rotatable bonds is 1. The van der Waals surface area contributed by atoms with E-state index in [9.17, 15) is 4.79 Å². The van der Waals surface area contributed by atoms with Gasteiger partial charge >= 0.3 is 0 Å². The third-order valence-electron chi connectivity index (χ3n) is 4.76. The molecule has 1 saturated carbocycles. The van der Waals surface area contributed by atoms with E-state index in [1.807, 2.05) is 42.2 Å². The van der Waals surface area contributed by atoms with Gasteiger partial charge < -0.3 is 5.32 Å². The molecular formula is C17H20N4O. The molecule has 2 heterocycles. The molecule has 0 radical (unpaired) electrons. The summed E-state index contributed by atoms with van der Waals surface area (Å²) in [6.45, 7) is 1.96. The maximum absolute atomic E-state index is 13.1. The lowest BCUT2D eigenvalue weighted by Gasteiger charge is -2.49. The van der Waals surface area contributed by atoms with Crippen molar-refractivity contribution in [2.75, 3.05) is 10.2 Å². The average molecular weight is 296 g/mol. The Morgan fingerprint density at radius 3 is 2.68 bits per heavy atom. The van der Waals surface area contributed by atoms with Crippen LogP contribution in [0.1, 0.15) is 48.2 Å². The lowest BCUT2D eigenvalue weighted by atomic mass is 9.84. The number of amides is 1. The molecule has 1 aliphatic heterocycles. The minimum Gasteiger partial charge on any atom is -0.362 e. The molecule has 5 heteroatoms. The third kappa shape index (κ3) is 1.92. The molecular weight excluding hydrogens is 276 g/mol. The Hall–Kier alpha value is -2.30. The Labute approximate surface area is 129 Å². The second kappa shape index (κ2) is 4.87. The monoisotopic (exact) mass is 296 g/mol. The number of hydrogen-bond donors (Lipinski definition) is 2. The molecule has 0 atom stereocenters. The van der Waals surface area contributed by atoms with E-state index in [1.165, 1.54) is 6.42 Å². The van der Waals surface area contributed by atoms with Gasteiger partial charge in [-0.1, -0.05) is 18.6 Å². The first-order valence-corrected chi connectivity index (χ1v) is 7.93. The summed E-state index contributed by atoms with van der Waals surface area (Å²) in [5.74, 6) is 0.758. The zero-order chi connectivity index (χ0) is 15.2. The number of nitrogens with one attached hydrogen (secondary N) is 2. The fourth-order valence-electron chi connectivity index (χ4n) is 3.73. The molecule has 2 aromatic rings. The first-order valence-electron chi connectivity index (χ1n) is 7.93. The highest BCUT2D eigenvalue weighted by molar-refractivity contribution is 6.12. The molecule has 4 rings (SSSR count). The van der Waals surface area contributed by atoms with E-state index in [0.29, 0.717) is 5.82 Å². The summed E-state index contributed by atoms with van der Waals surface area (Å²) in [7, 11) is 0. The number of hydrogen-bond acceptors (Lipinski definition) is 3. The molecule has 1 aliphatic carbocycles. The van der Waals surface area contributed by atoms with E-state index in [2.05, 4.69) is 15.5 Å². The molecule has 0 unspecified atom stereocenters. The summed E-state index contributed by atoms with van der Waals surface area (Å²) >= 11 is 0. The fraction of sp³-hybridized carbons (Fsp3) is 0.412. The minimum absolute atomic E-state index is 0.0442. The molecule has 1 amide bonds. The van der Waals surface area contributed by atoms with Gasteiger partial charge in [-0.3, -0.25) is 14.8 Å². The van der Waals surface area contributed by atoms with E-state index < -0.39 is 0 Å². The number of nitrogens with zero attached hydrogens (tertiary/aromatic N) is 2. The van der Waals surface area contributed by atoms with Gasteiger partial charge in [0.15, 0.2) is 5.82 Å². The number of aryl methyl sites for hydroxylation is 1. The van der Waals surface area contributed by atoms with Crippen LogP contribution in [0.5, 0.6) is 0 Å². The molecule has 1 aromatic carbocycles. The lowest BCUT2D eigenvalue weighted by Crippen LogP contribution is -2.61. The van der Waals surface area contributed by atoms with Crippen molar-refractivity contribution in [2.45, 2.75) is 44.7 Å². The molecule has 0 bridgehead atoms. The van der Waals surface area contributed by atoms with Crippen LogP contribution >= 0.6 is 0 Å². The van der Waals surface area contributed by atoms with Crippen molar-refractivity contribution in [3.05, 3.63) is 41.6 Å². The van der Waals surface area contributed by atoms with Crippen LogP contribution in [-0.2, 0) is 0 Å². The van der Waals surface area contributed by atoms with Crippen molar-refractivity contribution in [3.8, 4) is 0 Å². The average Bonchev–Trinajstić information content (AvgIpc) is 2.94. The number of benzene rings is 1. The lowest BCUT2D eigenvalue weighted by molar-refractivity contribution is 0.0937. The van der Waals surface area contributed by atoms with Crippen molar-refractivity contribution >= 4 is 17.4 Å². The van der Waals surface area contributed by atoms with E-state index >= 15 is 0 Å². The largest absolute Gasteiger partial charge is 0.362 e. The molecule has 2 N–H and O–H groups in total. The van der Waals surface area contributed by atoms with Crippen molar-refractivity contribution < 1.29 is 4.79 Å². The molecule has 5 nitrogen and oxygen atoms in total. The Morgan fingerprint density at radius 1 is 1.18 bits per heavy atom. The van der Waals surface area contributed by atoms with Crippen LogP contribution < -0.4 is 10.2 Å². The minimum atomic E-state index is -0.342. The Morgan fingerprint density at radius 2 is 1.95 bits per heavy atom. The number of aromatic amines is 1. The second-order valence-electron chi connectivity index (χ2n) is 6.31. The van der Waals surface area contributed by atoms with Crippen LogP contribution in [0.2, 0.25) is 0 Å². The number of anilines is 2. The smallest absolute Gasteiger partial charge is 0.263 e. The molecule has 1 spiro atoms. The Balaban J connectivity index is 1.86. The highest BCUT2D eigenvalue weighted by atomic mass is 16.2. The summed E-state index contributed by atoms with van der Waals surface area (Å²) in [5.41, 5.74) is 2.29. The molecule has 114 valence electrons. The Kier molecular flexibility index (Phi) is 2.96. The van der Waals surface area contributed by atoms with Gasteiger partial charge in [0.05, 0.1) is 5.56 Å². The molecule has 22 heavy (non-hydrogen) atoms. The highest BCUT2D eigenvalue weighted by Crippen LogP contribution is 2.42. The van der Waals surface area contributed by atoms with Crippen LogP contribution in [0.4, 0.5) is 11.5 Å². The predicted molar refractivity (Wildman–Crippen MR) is 86.0 cm³/mol. The number of carbonyl (C=O) groups is 1. The zero-order valence-corrected chi connectivity index (χ0v) is 12.7. The number of para-hydroxylation sites is 1. The van der Waals surface area contributed by atoms with Gasteiger partial charge in [-0.05, 0) is 44.7 Å². The maximum Gasteiger partial charge on any atom is 0.263 e. The summed E-state index contributed by atoms with van der Waals surface area (Å²) in [4.78, 5) is 15.0. The molecule has 0 saturated heterocycles.